The second-order valence-electron chi connectivity index (χ2n) is 7.40. The molecular weight excluding hydrogens is 224 g/mol. The van der Waals surface area contributed by atoms with E-state index in [0.29, 0.717) is 24.4 Å². The van der Waals surface area contributed by atoms with Crippen molar-refractivity contribution in [2.45, 2.75) is 53.5 Å². The molecule has 2 aliphatic rings. The fourth-order valence-corrected chi connectivity index (χ4v) is 3.66. The molecule has 1 aliphatic carbocycles. The number of amides is 1. The second kappa shape index (κ2) is 4.22. The Bertz CT molecular complexity index is 334. The summed E-state index contributed by atoms with van der Waals surface area (Å²) in [6.45, 7) is 12.6. The van der Waals surface area contributed by atoms with Crippen LogP contribution in [0.3, 0.4) is 0 Å². The van der Waals surface area contributed by atoms with Gasteiger partial charge in [0.05, 0.1) is 0 Å². The SMILES string of the molecule is CC1CCC(CN)CN1C(=O)C1C(C)(C)C1(C)C. The van der Waals surface area contributed by atoms with E-state index < -0.39 is 0 Å². The number of nitrogens with two attached hydrogens (primary N) is 1. The standard InChI is InChI=1S/C15H28N2O/c1-10-6-7-11(8-16)9-17(10)13(18)12-14(2,3)15(12,4)5/h10-12H,6-9,16H2,1-5H3. The third-order valence-corrected chi connectivity index (χ3v) is 5.86. The van der Waals surface area contributed by atoms with Gasteiger partial charge in [0.2, 0.25) is 5.91 Å². The monoisotopic (exact) mass is 252 g/mol. The number of hydrogen-bond donors (Lipinski definition) is 1. The molecule has 2 unspecified atom stereocenters. The Morgan fingerprint density at radius 3 is 2.22 bits per heavy atom. The minimum Gasteiger partial charge on any atom is -0.339 e. The molecule has 0 spiro atoms. The Labute approximate surface area is 111 Å². The molecule has 104 valence electrons. The Morgan fingerprint density at radius 2 is 1.78 bits per heavy atom. The van der Waals surface area contributed by atoms with Crippen LogP contribution in [0.4, 0.5) is 0 Å². The Morgan fingerprint density at radius 1 is 1.22 bits per heavy atom. The summed E-state index contributed by atoms with van der Waals surface area (Å²) in [5.41, 5.74) is 6.05. The molecule has 0 bridgehead atoms. The zero-order valence-corrected chi connectivity index (χ0v) is 12.5. The van der Waals surface area contributed by atoms with Crippen LogP contribution in [0.1, 0.15) is 47.5 Å². The van der Waals surface area contributed by atoms with Crippen molar-refractivity contribution in [3.8, 4) is 0 Å². The van der Waals surface area contributed by atoms with Crippen LogP contribution in [0, 0.1) is 22.7 Å². The largest absolute Gasteiger partial charge is 0.339 e. The zero-order chi connectivity index (χ0) is 13.7. The lowest BCUT2D eigenvalue weighted by molar-refractivity contribution is -0.138. The molecular formula is C15H28N2O. The van der Waals surface area contributed by atoms with E-state index in [1.165, 1.54) is 6.42 Å². The summed E-state index contributed by atoms with van der Waals surface area (Å²) in [6.07, 6.45) is 2.26. The topological polar surface area (TPSA) is 46.3 Å². The Balaban J connectivity index is 2.10. The van der Waals surface area contributed by atoms with Crippen LogP contribution in [0.5, 0.6) is 0 Å². The minimum absolute atomic E-state index is 0.138. The van der Waals surface area contributed by atoms with Crippen LogP contribution >= 0.6 is 0 Å². The highest BCUT2D eigenvalue weighted by Gasteiger charge is 2.69. The number of nitrogens with zero attached hydrogens (tertiary/aromatic N) is 1. The normalized spacial score (nSPS) is 34.4. The maximum absolute atomic E-state index is 12.7. The van der Waals surface area contributed by atoms with E-state index in [4.69, 9.17) is 5.73 Å². The number of piperidine rings is 1. The van der Waals surface area contributed by atoms with E-state index in [2.05, 4.69) is 39.5 Å². The van der Waals surface area contributed by atoms with Gasteiger partial charge in [-0.3, -0.25) is 4.79 Å². The first kappa shape index (κ1) is 13.9. The predicted octanol–water partition coefficient (Wildman–Crippen LogP) is 2.25. The lowest BCUT2D eigenvalue weighted by atomic mass is 9.92. The van der Waals surface area contributed by atoms with Crippen LogP contribution < -0.4 is 5.73 Å². The van der Waals surface area contributed by atoms with E-state index >= 15 is 0 Å². The van der Waals surface area contributed by atoms with Crippen LogP contribution in [0.25, 0.3) is 0 Å². The van der Waals surface area contributed by atoms with E-state index in [-0.39, 0.29) is 16.7 Å². The van der Waals surface area contributed by atoms with Crippen LogP contribution in [0.2, 0.25) is 0 Å². The molecule has 2 N–H and O–H groups in total. The molecule has 2 rings (SSSR count). The van der Waals surface area contributed by atoms with Crippen LogP contribution in [-0.4, -0.2) is 29.9 Å². The number of carbonyl (C=O) groups excluding carboxylic acids is 1. The molecule has 1 heterocycles. The first-order valence-electron chi connectivity index (χ1n) is 7.24. The lowest BCUT2D eigenvalue weighted by Crippen LogP contribution is -2.48. The van der Waals surface area contributed by atoms with Crippen molar-refractivity contribution >= 4 is 5.91 Å². The molecule has 0 aromatic heterocycles. The van der Waals surface area contributed by atoms with Crippen LogP contribution in [0.15, 0.2) is 0 Å². The third-order valence-electron chi connectivity index (χ3n) is 5.86. The molecule has 1 saturated carbocycles. The lowest BCUT2D eigenvalue weighted by Gasteiger charge is -2.38. The molecule has 0 radical (unpaired) electrons. The van der Waals surface area contributed by atoms with Crippen molar-refractivity contribution in [3.05, 3.63) is 0 Å². The van der Waals surface area contributed by atoms with Gasteiger partial charge in [-0.1, -0.05) is 27.7 Å². The average Bonchev–Trinajstić information content (AvgIpc) is 2.69. The van der Waals surface area contributed by atoms with Gasteiger partial charge in [0.15, 0.2) is 0 Å². The average molecular weight is 252 g/mol. The molecule has 18 heavy (non-hydrogen) atoms. The van der Waals surface area contributed by atoms with E-state index in [0.717, 1.165) is 13.0 Å². The third kappa shape index (κ3) is 1.87. The van der Waals surface area contributed by atoms with Crippen molar-refractivity contribution in [1.82, 2.24) is 4.90 Å². The molecule has 1 aliphatic heterocycles. The van der Waals surface area contributed by atoms with Gasteiger partial charge in [-0.05, 0) is 43.1 Å². The van der Waals surface area contributed by atoms with Gasteiger partial charge in [-0.25, -0.2) is 0 Å². The highest BCUT2D eigenvalue weighted by Crippen LogP contribution is 2.69. The van der Waals surface area contributed by atoms with Gasteiger partial charge >= 0.3 is 0 Å². The van der Waals surface area contributed by atoms with Crippen molar-refractivity contribution in [1.29, 1.82) is 0 Å². The second-order valence-corrected chi connectivity index (χ2v) is 7.40. The molecule has 0 aromatic carbocycles. The van der Waals surface area contributed by atoms with Gasteiger partial charge < -0.3 is 10.6 Å². The quantitative estimate of drug-likeness (QED) is 0.819. The van der Waals surface area contributed by atoms with E-state index in [1.807, 2.05) is 0 Å². The van der Waals surface area contributed by atoms with Crippen molar-refractivity contribution in [2.75, 3.05) is 13.1 Å². The molecule has 1 saturated heterocycles. The molecule has 3 heteroatoms. The maximum atomic E-state index is 12.7. The minimum atomic E-state index is 0.138. The van der Waals surface area contributed by atoms with E-state index in [9.17, 15) is 4.79 Å². The first-order valence-corrected chi connectivity index (χ1v) is 7.24. The van der Waals surface area contributed by atoms with Gasteiger partial charge in [0.25, 0.3) is 0 Å². The Kier molecular flexibility index (Phi) is 3.25. The van der Waals surface area contributed by atoms with E-state index in [1.54, 1.807) is 0 Å². The molecule has 3 nitrogen and oxygen atoms in total. The summed E-state index contributed by atoms with van der Waals surface area (Å²) in [6, 6.07) is 0.382. The van der Waals surface area contributed by atoms with Gasteiger partial charge in [-0.2, -0.15) is 0 Å². The fraction of sp³-hybridized carbons (Fsp3) is 0.933. The zero-order valence-electron chi connectivity index (χ0n) is 12.5. The molecule has 2 fully saturated rings. The first-order chi connectivity index (χ1) is 8.23. The van der Waals surface area contributed by atoms with Gasteiger partial charge in [-0.15, -0.1) is 0 Å². The number of rotatable bonds is 2. The van der Waals surface area contributed by atoms with Crippen LogP contribution in [-0.2, 0) is 4.79 Å². The van der Waals surface area contributed by atoms with Gasteiger partial charge in [0.1, 0.15) is 0 Å². The smallest absolute Gasteiger partial charge is 0.227 e. The summed E-state index contributed by atoms with van der Waals surface area (Å²) in [5.74, 6) is 1.04. The highest BCUT2D eigenvalue weighted by atomic mass is 16.2. The fourth-order valence-electron chi connectivity index (χ4n) is 3.66. The number of carbonyl (C=O) groups is 1. The summed E-state index contributed by atoms with van der Waals surface area (Å²) in [5, 5.41) is 0. The highest BCUT2D eigenvalue weighted by molar-refractivity contribution is 5.84. The number of hydrogen-bond acceptors (Lipinski definition) is 2. The summed E-state index contributed by atoms with van der Waals surface area (Å²) in [4.78, 5) is 14.8. The predicted molar refractivity (Wildman–Crippen MR) is 74.0 cm³/mol. The summed E-state index contributed by atoms with van der Waals surface area (Å²) >= 11 is 0. The molecule has 0 aromatic rings. The van der Waals surface area contributed by atoms with Crippen molar-refractivity contribution in [3.63, 3.8) is 0 Å². The summed E-state index contributed by atoms with van der Waals surface area (Å²) < 4.78 is 0. The van der Waals surface area contributed by atoms with Crippen molar-refractivity contribution < 1.29 is 4.79 Å². The van der Waals surface area contributed by atoms with Crippen molar-refractivity contribution in [2.24, 2.45) is 28.4 Å². The maximum Gasteiger partial charge on any atom is 0.227 e. The molecule has 1 amide bonds. The summed E-state index contributed by atoms with van der Waals surface area (Å²) in [7, 11) is 0. The number of likely N-dealkylation sites (tertiary alicyclic amines) is 1. The molecule has 2 atom stereocenters. The van der Waals surface area contributed by atoms with Gasteiger partial charge in [0, 0.05) is 18.5 Å². The Hall–Kier alpha value is -0.570.